The van der Waals surface area contributed by atoms with E-state index in [9.17, 15) is 5.26 Å². The molecule has 0 aliphatic heterocycles. The third-order valence-corrected chi connectivity index (χ3v) is 4.09. The van der Waals surface area contributed by atoms with Crippen molar-refractivity contribution in [3.05, 3.63) is 69.8 Å². The molecule has 124 valence electrons. The zero-order valence-corrected chi connectivity index (χ0v) is 15.4. The van der Waals surface area contributed by atoms with E-state index in [4.69, 9.17) is 0 Å². The molecule has 0 aliphatic carbocycles. The number of anilines is 4. The van der Waals surface area contributed by atoms with Gasteiger partial charge in [-0.15, -0.1) is 0 Å². The predicted molar refractivity (Wildman–Crippen MR) is 103 cm³/mol. The van der Waals surface area contributed by atoms with Crippen LogP contribution in [-0.2, 0) is 0 Å². The molecule has 1 aromatic heterocycles. The molecule has 6 heteroatoms. The van der Waals surface area contributed by atoms with Crippen molar-refractivity contribution in [3.8, 4) is 6.07 Å². The molecule has 2 N–H and O–H groups in total. The Morgan fingerprint density at radius 3 is 2.52 bits per heavy atom. The van der Waals surface area contributed by atoms with Crippen LogP contribution < -0.4 is 10.6 Å². The van der Waals surface area contributed by atoms with Crippen LogP contribution in [0.5, 0.6) is 0 Å². The van der Waals surface area contributed by atoms with Crippen LogP contribution in [-0.4, -0.2) is 9.97 Å². The van der Waals surface area contributed by atoms with Crippen LogP contribution in [0.3, 0.4) is 0 Å². The number of hydrogen-bond donors (Lipinski definition) is 2. The maximum atomic E-state index is 9.21. The van der Waals surface area contributed by atoms with Gasteiger partial charge in [-0.25, -0.2) is 4.98 Å². The standard InChI is InChI=1S/C19H16BrN5/c1-12-9-15(20)7-8-16(12)24-19-22-13(2)10-18(25-19)23-17-6-4-3-5-14(17)11-21/h3-10H,1-2H3,(H2,22,23,24,25). The van der Waals surface area contributed by atoms with E-state index in [0.29, 0.717) is 23.0 Å². The first-order chi connectivity index (χ1) is 12.0. The second-order valence-corrected chi connectivity index (χ2v) is 6.50. The summed E-state index contributed by atoms with van der Waals surface area (Å²) in [4.78, 5) is 8.95. The van der Waals surface area contributed by atoms with Gasteiger partial charge >= 0.3 is 0 Å². The number of nitriles is 1. The Balaban J connectivity index is 1.89. The van der Waals surface area contributed by atoms with Crippen molar-refractivity contribution in [2.45, 2.75) is 13.8 Å². The van der Waals surface area contributed by atoms with Crippen LogP contribution >= 0.6 is 15.9 Å². The van der Waals surface area contributed by atoms with Crippen LogP contribution in [0.1, 0.15) is 16.8 Å². The smallest absolute Gasteiger partial charge is 0.229 e. The summed E-state index contributed by atoms with van der Waals surface area (Å²) in [5.74, 6) is 1.13. The molecule has 0 bridgehead atoms. The highest BCUT2D eigenvalue weighted by Gasteiger charge is 2.07. The lowest BCUT2D eigenvalue weighted by molar-refractivity contribution is 1.10. The second kappa shape index (κ2) is 7.32. The third-order valence-electron chi connectivity index (χ3n) is 3.60. The predicted octanol–water partition coefficient (Wildman–Crippen LogP) is 5.21. The van der Waals surface area contributed by atoms with Crippen molar-refractivity contribution in [1.82, 2.24) is 9.97 Å². The highest BCUT2D eigenvalue weighted by Crippen LogP contribution is 2.24. The van der Waals surface area contributed by atoms with Gasteiger partial charge in [0.1, 0.15) is 11.9 Å². The van der Waals surface area contributed by atoms with Gasteiger partial charge in [0.2, 0.25) is 5.95 Å². The van der Waals surface area contributed by atoms with Crippen LogP contribution in [0.25, 0.3) is 0 Å². The molecule has 3 rings (SSSR count). The Labute approximate surface area is 154 Å². The lowest BCUT2D eigenvalue weighted by Gasteiger charge is -2.12. The fourth-order valence-electron chi connectivity index (χ4n) is 2.40. The van der Waals surface area contributed by atoms with Gasteiger partial charge in [0.25, 0.3) is 0 Å². The molecule has 2 aromatic carbocycles. The van der Waals surface area contributed by atoms with Crippen molar-refractivity contribution in [1.29, 1.82) is 5.26 Å². The molecule has 1 heterocycles. The lowest BCUT2D eigenvalue weighted by atomic mass is 10.2. The Morgan fingerprint density at radius 1 is 0.960 bits per heavy atom. The average Bonchev–Trinajstić information content (AvgIpc) is 2.57. The zero-order valence-electron chi connectivity index (χ0n) is 13.8. The average molecular weight is 394 g/mol. The van der Waals surface area contributed by atoms with E-state index in [1.165, 1.54) is 0 Å². The maximum Gasteiger partial charge on any atom is 0.229 e. The van der Waals surface area contributed by atoms with Crippen molar-refractivity contribution >= 4 is 39.1 Å². The highest BCUT2D eigenvalue weighted by molar-refractivity contribution is 9.10. The van der Waals surface area contributed by atoms with Crippen LogP contribution in [0.2, 0.25) is 0 Å². The molecule has 25 heavy (non-hydrogen) atoms. The second-order valence-electron chi connectivity index (χ2n) is 5.58. The minimum absolute atomic E-state index is 0.502. The quantitative estimate of drug-likeness (QED) is 0.635. The van der Waals surface area contributed by atoms with Crippen molar-refractivity contribution in [3.63, 3.8) is 0 Å². The summed E-state index contributed by atoms with van der Waals surface area (Å²) in [7, 11) is 0. The minimum Gasteiger partial charge on any atom is -0.339 e. The monoisotopic (exact) mass is 393 g/mol. The van der Waals surface area contributed by atoms with Gasteiger partial charge in [-0.2, -0.15) is 10.2 Å². The molecule has 0 saturated carbocycles. The topological polar surface area (TPSA) is 73.6 Å². The number of nitrogens with one attached hydrogen (secondary N) is 2. The molecule has 0 radical (unpaired) electrons. The molecule has 0 amide bonds. The summed E-state index contributed by atoms with van der Waals surface area (Å²) in [6, 6.07) is 17.3. The van der Waals surface area contributed by atoms with E-state index < -0.39 is 0 Å². The summed E-state index contributed by atoms with van der Waals surface area (Å²) >= 11 is 3.46. The number of hydrogen-bond acceptors (Lipinski definition) is 5. The Morgan fingerprint density at radius 2 is 1.76 bits per heavy atom. The number of para-hydroxylation sites is 1. The number of aryl methyl sites for hydroxylation is 2. The first kappa shape index (κ1) is 16.9. The Kier molecular flexibility index (Phi) is 4.96. The van der Waals surface area contributed by atoms with Gasteiger partial charge in [-0.05, 0) is 49.7 Å². The third kappa shape index (κ3) is 4.14. The van der Waals surface area contributed by atoms with Crippen LogP contribution in [0.4, 0.5) is 23.1 Å². The normalized spacial score (nSPS) is 10.2. The maximum absolute atomic E-state index is 9.21. The van der Waals surface area contributed by atoms with E-state index >= 15 is 0 Å². The highest BCUT2D eigenvalue weighted by atomic mass is 79.9. The van der Waals surface area contributed by atoms with E-state index in [0.717, 1.165) is 21.4 Å². The molecule has 5 nitrogen and oxygen atoms in total. The molecule has 0 saturated heterocycles. The van der Waals surface area contributed by atoms with E-state index in [2.05, 4.69) is 42.6 Å². The van der Waals surface area contributed by atoms with Gasteiger partial charge < -0.3 is 10.6 Å². The number of aromatic nitrogens is 2. The minimum atomic E-state index is 0.502. The van der Waals surface area contributed by atoms with Crippen molar-refractivity contribution < 1.29 is 0 Å². The van der Waals surface area contributed by atoms with Crippen molar-refractivity contribution in [2.75, 3.05) is 10.6 Å². The van der Waals surface area contributed by atoms with Gasteiger partial charge in [0, 0.05) is 21.9 Å². The number of halogens is 1. The number of benzene rings is 2. The molecule has 0 atom stereocenters. The van der Waals surface area contributed by atoms with E-state index in [-0.39, 0.29) is 0 Å². The van der Waals surface area contributed by atoms with Crippen molar-refractivity contribution in [2.24, 2.45) is 0 Å². The number of rotatable bonds is 4. The zero-order chi connectivity index (χ0) is 17.8. The van der Waals surface area contributed by atoms with Gasteiger partial charge in [0.05, 0.1) is 11.3 Å². The summed E-state index contributed by atoms with van der Waals surface area (Å²) in [5.41, 5.74) is 4.14. The van der Waals surface area contributed by atoms with Gasteiger partial charge in [-0.3, -0.25) is 0 Å². The molecule has 0 fully saturated rings. The van der Waals surface area contributed by atoms with Crippen LogP contribution in [0, 0.1) is 25.2 Å². The molecule has 0 aliphatic rings. The number of nitrogens with zero attached hydrogens (tertiary/aromatic N) is 3. The van der Waals surface area contributed by atoms with Crippen LogP contribution in [0.15, 0.2) is 53.0 Å². The summed E-state index contributed by atoms with van der Waals surface area (Å²) in [6.45, 7) is 3.92. The molecule has 0 spiro atoms. The largest absolute Gasteiger partial charge is 0.339 e. The summed E-state index contributed by atoms with van der Waals surface area (Å²) in [5, 5.41) is 15.7. The first-order valence-electron chi connectivity index (χ1n) is 7.70. The first-order valence-corrected chi connectivity index (χ1v) is 8.49. The van der Waals surface area contributed by atoms with E-state index in [1.54, 1.807) is 6.07 Å². The summed E-state index contributed by atoms with van der Waals surface area (Å²) < 4.78 is 1.02. The lowest BCUT2D eigenvalue weighted by Crippen LogP contribution is -2.03. The van der Waals surface area contributed by atoms with Gasteiger partial charge in [-0.1, -0.05) is 28.1 Å². The fourth-order valence-corrected chi connectivity index (χ4v) is 2.88. The van der Waals surface area contributed by atoms with Gasteiger partial charge in [0.15, 0.2) is 0 Å². The van der Waals surface area contributed by atoms with E-state index in [1.807, 2.05) is 56.3 Å². The molecule has 0 unspecified atom stereocenters. The Bertz CT molecular complexity index is 962. The Hall–Kier alpha value is -2.91. The SMILES string of the molecule is Cc1cc(Nc2ccccc2C#N)nc(Nc2ccc(Br)cc2C)n1. The summed E-state index contributed by atoms with van der Waals surface area (Å²) in [6.07, 6.45) is 0. The molecular weight excluding hydrogens is 378 g/mol. The fraction of sp³-hybridized carbons (Fsp3) is 0.105. The molecular formula is C19H16BrN5. The molecule has 3 aromatic rings.